The molecule has 0 saturated carbocycles. The summed E-state index contributed by atoms with van der Waals surface area (Å²) in [5.74, 6) is -0.268. The Morgan fingerprint density at radius 3 is 2.77 bits per heavy atom. The zero-order chi connectivity index (χ0) is 20.9. The zero-order valence-electron chi connectivity index (χ0n) is 16.6. The molecule has 0 unspecified atom stereocenters. The van der Waals surface area contributed by atoms with Gasteiger partial charge in [-0.3, -0.25) is 4.98 Å². The van der Waals surface area contributed by atoms with E-state index in [0.29, 0.717) is 5.52 Å². The Labute approximate surface area is 176 Å². The number of aromatic nitrogens is 6. The molecule has 1 atom stereocenters. The van der Waals surface area contributed by atoms with Crippen molar-refractivity contribution in [1.29, 1.82) is 0 Å². The van der Waals surface area contributed by atoms with Crippen LogP contribution in [0.5, 0.6) is 0 Å². The second kappa shape index (κ2) is 6.70. The summed E-state index contributed by atoms with van der Waals surface area (Å²) in [6.07, 6.45) is 5.47. The monoisotopic (exact) mass is 408 g/mol. The number of hydrogen-bond donors (Lipinski definition) is 1. The van der Waals surface area contributed by atoms with Crippen LogP contribution >= 0.6 is 0 Å². The van der Waals surface area contributed by atoms with E-state index in [1.807, 2.05) is 48.3 Å². The molecule has 0 aliphatic rings. The van der Waals surface area contributed by atoms with E-state index in [0.717, 1.165) is 44.1 Å². The maximum absolute atomic E-state index is 13.8. The Morgan fingerprint density at radius 1 is 0.935 bits per heavy atom. The normalized spacial score (nSPS) is 12.7. The molecule has 7 heteroatoms. The van der Waals surface area contributed by atoms with Crippen molar-refractivity contribution in [1.82, 2.24) is 29.9 Å². The van der Waals surface area contributed by atoms with Crippen molar-refractivity contribution in [3.8, 4) is 11.1 Å². The predicted molar refractivity (Wildman–Crippen MR) is 118 cm³/mol. The Morgan fingerprint density at radius 2 is 1.87 bits per heavy atom. The predicted octanol–water partition coefficient (Wildman–Crippen LogP) is 5.27. The van der Waals surface area contributed by atoms with E-state index in [1.165, 1.54) is 12.1 Å². The molecule has 0 amide bonds. The van der Waals surface area contributed by atoms with Gasteiger partial charge in [0.2, 0.25) is 0 Å². The molecule has 31 heavy (non-hydrogen) atoms. The average molecular weight is 408 g/mol. The molecular weight excluding hydrogens is 391 g/mol. The summed E-state index contributed by atoms with van der Waals surface area (Å²) in [6.45, 7) is 1.99. The molecule has 0 spiro atoms. The van der Waals surface area contributed by atoms with Gasteiger partial charge in [0.1, 0.15) is 22.5 Å². The van der Waals surface area contributed by atoms with Gasteiger partial charge in [0, 0.05) is 28.7 Å². The van der Waals surface area contributed by atoms with Gasteiger partial charge in [-0.2, -0.15) is 0 Å². The fourth-order valence-electron chi connectivity index (χ4n) is 4.08. The lowest BCUT2D eigenvalue weighted by Gasteiger charge is -2.14. The molecule has 2 aromatic carbocycles. The smallest absolute Gasteiger partial charge is 0.137 e. The van der Waals surface area contributed by atoms with Gasteiger partial charge in [-0.25, -0.2) is 14.1 Å². The Bertz CT molecular complexity index is 1580. The molecule has 0 aliphatic heterocycles. The number of aromatic amines is 1. The fourth-order valence-corrected chi connectivity index (χ4v) is 4.08. The van der Waals surface area contributed by atoms with Gasteiger partial charge in [-0.05, 0) is 54.4 Å². The van der Waals surface area contributed by atoms with Crippen molar-refractivity contribution in [2.45, 2.75) is 13.0 Å². The van der Waals surface area contributed by atoms with E-state index in [1.54, 1.807) is 12.3 Å². The highest BCUT2D eigenvalue weighted by Crippen LogP contribution is 2.31. The Balaban J connectivity index is 1.56. The van der Waals surface area contributed by atoms with Crippen molar-refractivity contribution in [2.75, 3.05) is 0 Å². The molecular formula is C24H17FN6. The van der Waals surface area contributed by atoms with Gasteiger partial charge in [0.05, 0.1) is 17.8 Å². The standard InChI is InChI=1S/C24H17FN6/c1-14(15-3-2-4-19(25)10-15)31-23-20-11-16(5-6-21(20)27-13-22(23)29-30-31)18-9-17-7-8-26-24(17)28-12-18/h2-14H,1H3,(H,26,28)/t14-/m0/s1. The minimum atomic E-state index is -0.268. The minimum absolute atomic E-state index is 0.187. The third kappa shape index (κ3) is 2.85. The summed E-state index contributed by atoms with van der Waals surface area (Å²) in [5, 5.41) is 10.7. The van der Waals surface area contributed by atoms with E-state index in [9.17, 15) is 4.39 Å². The van der Waals surface area contributed by atoms with Crippen LogP contribution in [0.25, 0.3) is 44.1 Å². The first-order valence-electron chi connectivity index (χ1n) is 10.00. The van der Waals surface area contributed by atoms with E-state index < -0.39 is 0 Å². The SMILES string of the molecule is C[C@@H](c1cccc(F)c1)n1nnc2cnc3ccc(-c4cnc5[nH]ccc5c4)cc3c21. The maximum atomic E-state index is 13.8. The van der Waals surface area contributed by atoms with Gasteiger partial charge in [0.25, 0.3) is 0 Å². The Hall–Kier alpha value is -4.13. The van der Waals surface area contributed by atoms with Crippen LogP contribution in [-0.4, -0.2) is 29.9 Å². The van der Waals surface area contributed by atoms with E-state index in [4.69, 9.17) is 0 Å². The van der Waals surface area contributed by atoms with Gasteiger partial charge < -0.3 is 4.98 Å². The van der Waals surface area contributed by atoms with Crippen LogP contribution in [0.2, 0.25) is 0 Å². The maximum Gasteiger partial charge on any atom is 0.137 e. The highest BCUT2D eigenvalue weighted by molar-refractivity contribution is 6.03. The largest absolute Gasteiger partial charge is 0.346 e. The lowest BCUT2D eigenvalue weighted by Crippen LogP contribution is -2.09. The third-order valence-electron chi connectivity index (χ3n) is 5.73. The van der Waals surface area contributed by atoms with Crippen LogP contribution in [0.15, 0.2) is 73.2 Å². The first-order valence-corrected chi connectivity index (χ1v) is 10.00. The van der Waals surface area contributed by atoms with Gasteiger partial charge >= 0.3 is 0 Å². The second-order valence-corrected chi connectivity index (χ2v) is 7.63. The fraction of sp³-hybridized carbons (Fsp3) is 0.0833. The number of H-pyrrole nitrogens is 1. The van der Waals surface area contributed by atoms with Crippen molar-refractivity contribution in [2.24, 2.45) is 0 Å². The highest BCUT2D eigenvalue weighted by atomic mass is 19.1. The van der Waals surface area contributed by atoms with Crippen LogP contribution < -0.4 is 0 Å². The highest BCUT2D eigenvalue weighted by Gasteiger charge is 2.17. The summed E-state index contributed by atoms with van der Waals surface area (Å²) in [7, 11) is 0. The zero-order valence-corrected chi connectivity index (χ0v) is 16.6. The van der Waals surface area contributed by atoms with E-state index >= 15 is 0 Å². The molecule has 0 aliphatic carbocycles. The molecule has 150 valence electrons. The molecule has 0 fully saturated rings. The topological polar surface area (TPSA) is 72.3 Å². The van der Waals surface area contributed by atoms with Crippen LogP contribution in [0.4, 0.5) is 4.39 Å². The third-order valence-corrected chi connectivity index (χ3v) is 5.73. The number of halogens is 1. The molecule has 6 nitrogen and oxygen atoms in total. The van der Waals surface area contributed by atoms with Gasteiger partial charge in [0.15, 0.2) is 0 Å². The quantitative estimate of drug-likeness (QED) is 0.433. The van der Waals surface area contributed by atoms with E-state index in [2.05, 4.69) is 37.4 Å². The molecule has 6 rings (SSSR count). The summed E-state index contributed by atoms with van der Waals surface area (Å²) in [5.41, 5.74) is 6.16. The van der Waals surface area contributed by atoms with Crippen LogP contribution in [0, 0.1) is 5.82 Å². The number of hydrogen-bond acceptors (Lipinski definition) is 4. The summed E-state index contributed by atoms with van der Waals surface area (Å²) in [6, 6.07) is 16.6. The molecule has 4 heterocycles. The average Bonchev–Trinajstić information content (AvgIpc) is 3.44. The summed E-state index contributed by atoms with van der Waals surface area (Å²) >= 11 is 0. The molecule has 6 aromatic rings. The van der Waals surface area contributed by atoms with E-state index in [-0.39, 0.29) is 11.9 Å². The number of nitrogens with zero attached hydrogens (tertiary/aromatic N) is 5. The number of rotatable bonds is 3. The summed E-state index contributed by atoms with van der Waals surface area (Å²) < 4.78 is 15.6. The number of pyridine rings is 2. The lowest BCUT2D eigenvalue weighted by atomic mass is 10.0. The lowest BCUT2D eigenvalue weighted by molar-refractivity contribution is 0.553. The number of nitrogens with one attached hydrogen (secondary N) is 1. The van der Waals surface area contributed by atoms with Crippen LogP contribution in [-0.2, 0) is 0 Å². The first kappa shape index (κ1) is 17.7. The Kier molecular flexibility index (Phi) is 3.83. The first-order chi connectivity index (χ1) is 15.2. The summed E-state index contributed by atoms with van der Waals surface area (Å²) in [4.78, 5) is 12.2. The molecule has 0 bridgehead atoms. The second-order valence-electron chi connectivity index (χ2n) is 7.63. The van der Waals surface area contributed by atoms with Gasteiger partial charge in [-0.15, -0.1) is 5.10 Å². The van der Waals surface area contributed by atoms with Crippen LogP contribution in [0.1, 0.15) is 18.5 Å². The van der Waals surface area contributed by atoms with Crippen molar-refractivity contribution < 1.29 is 4.39 Å². The molecule has 4 aromatic heterocycles. The molecule has 1 N–H and O–H groups in total. The van der Waals surface area contributed by atoms with Crippen LogP contribution in [0.3, 0.4) is 0 Å². The number of benzene rings is 2. The van der Waals surface area contributed by atoms with Gasteiger partial charge in [-0.1, -0.05) is 23.4 Å². The number of fused-ring (bicyclic) bond motifs is 4. The van der Waals surface area contributed by atoms with Crippen molar-refractivity contribution in [3.05, 3.63) is 84.6 Å². The van der Waals surface area contributed by atoms with Crippen molar-refractivity contribution >= 4 is 33.0 Å². The molecule has 0 radical (unpaired) electrons. The molecule has 0 saturated heterocycles. The van der Waals surface area contributed by atoms with Crippen molar-refractivity contribution in [3.63, 3.8) is 0 Å². The minimum Gasteiger partial charge on any atom is -0.346 e.